The van der Waals surface area contributed by atoms with E-state index in [9.17, 15) is 4.79 Å². The minimum atomic E-state index is -0.223. The van der Waals surface area contributed by atoms with E-state index in [2.05, 4.69) is 18.2 Å². The molecule has 0 amide bonds. The molecule has 1 aromatic carbocycles. The summed E-state index contributed by atoms with van der Waals surface area (Å²) in [5, 5.41) is 0. The number of carbonyl (C=O) groups excluding carboxylic acids is 1. The van der Waals surface area contributed by atoms with Crippen molar-refractivity contribution in [2.24, 2.45) is 5.41 Å². The number of Topliss-reactive ketones (excluding diaryl/α,β-unsaturated/α-hetero) is 1. The van der Waals surface area contributed by atoms with Gasteiger partial charge in [-0.15, -0.1) is 0 Å². The van der Waals surface area contributed by atoms with E-state index in [-0.39, 0.29) is 5.41 Å². The molecule has 0 unspecified atom stereocenters. The molecule has 0 bridgehead atoms. The van der Waals surface area contributed by atoms with Crippen molar-refractivity contribution in [2.45, 2.75) is 46.5 Å². The van der Waals surface area contributed by atoms with E-state index in [4.69, 9.17) is 0 Å². The van der Waals surface area contributed by atoms with Gasteiger partial charge in [0, 0.05) is 11.8 Å². The van der Waals surface area contributed by atoms with Gasteiger partial charge in [-0.1, -0.05) is 39.0 Å². The summed E-state index contributed by atoms with van der Waals surface area (Å²) in [6, 6.07) is 6.55. The third-order valence-electron chi connectivity index (χ3n) is 3.36. The molecule has 0 heterocycles. The van der Waals surface area contributed by atoms with Gasteiger partial charge in [0.1, 0.15) is 5.78 Å². The van der Waals surface area contributed by atoms with Crippen molar-refractivity contribution < 1.29 is 4.79 Å². The quantitative estimate of drug-likeness (QED) is 0.741. The number of hydrogen-bond acceptors (Lipinski definition) is 1. The first-order valence-corrected chi connectivity index (χ1v) is 6.11. The molecule has 1 aliphatic carbocycles. The SMILES string of the molecule is CC(C)(C)C(=O)Cc1ccc2c(c1)CCC2. The first kappa shape index (κ1) is 11.4. The van der Waals surface area contributed by atoms with Crippen LogP contribution in [0.25, 0.3) is 0 Å². The lowest BCUT2D eigenvalue weighted by Gasteiger charge is -2.16. The molecule has 0 atom stereocenters. The lowest BCUT2D eigenvalue weighted by atomic mass is 9.87. The molecular formula is C15H20O. The highest BCUT2D eigenvalue weighted by Crippen LogP contribution is 2.24. The zero-order valence-electron chi connectivity index (χ0n) is 10.5. The molecule has 0 spiro atoms. The Kier molecular flexibility index (Phi) is 2.88. The topological polar surface area (TPSA) is 17.1 Å². The second-order valence-electron chi connectivity index (χ2n) is 5.81. The standard InChI is InChI=1S/C15H20O/c1-15(2,3)14(16)10-11-7-8-12-5-4-6-13(12)9-11/h7-9H,4-6,10H2,1-3H3. The fourth-order valence-electron chi connectivity index (χ4n) is 2.19. The van der Waals surface area contributed by atoms with Crippen LogP contribution >= 0.6 is 0 Å². The molecule has 0 N–H and O–H groups in total. The van der Waals surface area contributed by atoms with Gasteiger partial charge in [-0.2, -0.15) is 0 Å². The number of hydrogen-bond donors (Lipinski definition) is 0. The van der Waals surface area contributed by atoms with Crippen molar-refractivity contribution in [1.29, 1.82) is 0 Å². The summed E-state index contributed by atoms with van der Waals surface area (Å²) < 4.78 is 0. The van der Waals surface area contributed by atoms with Gasteiger partial charge in [0.15, 0.2) is 0 Å². The smallest absolute Gasteiger partial charge is 0.142 e. The second kappa shape index (κ2) is 4.04. The van der Waals surface area contributed by atoms with Crippen LogP contribution in [-0.2, 0) is 24.1 Å². The normalized spacial score (nSPS) is 14.9. The number of rotatable bonds is 2. The number of fused-ring (bicyclic) bond motifs is 1. The number of ketones is 1. The fourth-order valence-corrected chi connectivity index (χ4v) is 2.19. The summed E-state index contributed by atoms with van der Waals surface area (Å²) in [6.07, 6.45) is 4.25. The maximum absolute atomic E-state index is 11.9. The maximum Gasteiger partial charge on any atom is 0.142 e. The van der Waals surface area contributed by atoms with E-state index < -0.39 is 0 Å². The Labute approximate surface area is 97.9 Å². The van der Waals surface area contributed by atoms with E-state index in [1.54, 1.807) is 0 Å². The van der Waals surface area contributed by atoms with Crippen molar-refractivity contribution in [1.82, 2.24) is 0 Å². The van der Waals surface area contributed by atoms with Crippen molar-refractivity contribution in [3.05, 3.63) is 34.9 Å². The van der Waals surface area contributed by atoms with Crippen LogP contribution in [0, 0.1) is 5.41 Å². The van der Waals surface area contributed by atoms with Crippen LogP contribution in [0.5, 0.6) is 0 Å². The first-order chi connectivity index (χ1) is 7.47. The molecule has 0 fully saturated rings. The van der Waals surface area contributed by atoms with E-state index >= 15 is 0 Å². The lowest BCUT2D eigenvalue weighted by Crippen LogP contribution is -2.22. The molecular weight excluding hydrogens is 196 g/mol. The molecule has 0 saturated heterocycles. The Morgan fingerprint density at radius 3 is 2.56 bits per heavy atom. The van der Waals surface area contributed by atoms with E-state index in [0.717, 1.165) is 0 Å². The fraction of sp³-hybridized carbons (Fsp3) is 0.533. The van der Waals surface area contributed by atoms with Gasteiger partial charge >= 0.3 is 0 Å². The Balaban J connectivity index is 2.14. The summed E-state index contributed by atoms with van der Waals surface area (Å²) in [7, 11) is 0. The Bertz CT molecular complexity index is 410. The molecule has 0 saturated carbocycles. The highest BCUT2D eigenvalue weighted by atomic mass is 16.1. The van der Waals surface area contributed by atoms with E-state index in [0.29, 0.717) is 12.2 Å². The van der Waals surface area contributed by atoms with Gasteiger partial charge in [0.05, 0.1) is 0 Å². The maximum atomic E-state index is 11.9. The van der Waals surface area contributed by atoms with Gasteiger partial charge in [0.2, 0.25) is 0 Å². The predicted molar refractivity (Wildman–Crippen MR) is 66.6 cm³/mol. The van der Waals surface area contributed by atoms with Crippen LogP contribution in [0.3, 0.4) is 0 Å². The minimum Gasteiger partial charge on any atom is -0.299 e. The average Bonchev–Trinajstić information content (AvgIpc) is 2.63. The molecule has 1 aliphatic rings. The number of benzene rings is 1. The van der Waals surface area contributed by atoms with Crippen LogP contribution in [0.15, 0.2) is 18.2 Å². The van der Waals surface area contributed by atoms with Crippen LogP contribution in [0.2, 0.25) is 0 Å². The van der Waals surface area contributed by atoms with E-state index in [1.807, 2.05) is 20.8 Å². The molecule has 86 valence electrons. The molecule has 0 aliphatic heterocycles. The number of carbonyl (C=O) groups is 1. The van der Waals surface area contributed by atoms with Crippen molar-refractivity contribution in [3.63, 3.8) is 0 Å². The van der Waals surface area contributed by atoms with Crippen molar-refractivity contribution in [3.8, 4) is 0 Å². The van der Waals surface area contributed by atoms with Crippen molar-refractivity contribution in [2.75, 3.05) is 0 Å². The second-order valence-corrected chi connectivity index (χ2v) is 5.81. The molecule has 1 heteroatoms. The van der Waals surface area contributed by atoms with Crippen LogP contribution in [0.4, 0.5) is 0 Å². The Hall–Kier alpha value is -1.11. The summed E-state index contributed by atoms with van der Waals surface area (Å²) in [5.74, 6) is 0.324. The lowest BCUT2D eigenvalue weighted by molar-refractivity contribution is -0.125. The third-order valence-corrected chi connectivity index (χ3v) is 3.36. The summed E-state index contributed by atoms with van der Waals surface area (Å²) in [6.45, 7) is 5.97. The Morgan fingerprint density at radius 2 is 1.88 bits per heavy atom. The van der Waals surface area contributed by atoms with Gasteiger partial charge in [-0.25, -0.2) is 0 Å². The third kappa shape index (κ3) is 2.34. The Morgan fingerprint density at radius 1 is 1.19 bits per heavy atom. The van der Waals surface area contributed by atoms with Gasteiger partial charge in [-0.3, -0.25) is 4.79 Å². The molecule has 0 aromatic heterocycles. The van der Waals surface area contributed by atoms with Gasteiger partial charge in [-0.05, 0) is 36.0 Å². The molecule has 1 aromatic rings. The monoisotopic (exact) mass is 216 g/mol. The van der Waals surface area contributed by atoms with Gasteiger partial charge < -0.3 is 0 Å². The van der Waals surface area contributed by atoms with E-state index in [1.165, 1.54) is 36.0 Å². The highest BCUT2D eigenvalue weighted by molar-refractivity contribution is 5.85. The zero-order valence-corrected chi connectivity index (χ0v) is 10.5. The molecule has 2 rings (SSSR count). The zero-order chi connectivity index (χ0) is 11.8. The van der Waals surface area contributed by atoms with Crippen molar-refractivity contribution >= 4 is 5.78 Å². The summed E-state index contributed by atoms with van der Waals surface area (Å²) in [5.41, 5.74) is 3.89. The minimum absolute atomic E-state index is 0.223. The summed E-state index contributed by atoms with van der Waals surface area (Å²) >= 11 is 0. The number of aryl methyl sites for hydroxylation is 2. The molecule has 0 radical (unpaired) electrons. The average molecular weight is 216 g/mol. The summed E-state index contributed by atoms with van der Waals surface area (Å²) in [4.78, 5) is 11.9. The van der Waals surface area contributed by atoms with Crippen LogP contribution < -0.4 is 0 Å². The van der Waals surface area contributed by atoms with Crippen LogP contribution in [-0.4, -0.2) is 5.78 Å². The molecule has 16 heavy (non-hydrogen) atoms. The largest absolute Gasteiger partial charge is 0.299 e. The predicted octanol–water partition coefficient (Wildman–Crippen LogP) is 3.33. The molecule has 1 nitrogen and oxygen atoms in total. The first-order valence-electron chi connectivity index (χ1n) is 6.11. The van der Waals surface area contributed by atoms with Gasteiger partial charge in [0.25, 0.3) is 0 Å². The highest BCUT2D eigenvalue weighted by Gasteiger charge is 2.21. The van der Waals surface area contributed by atoms with Crippen LogP contribution in [0.1, 0.15) is 43.9 Å².